The maximum absolute atomic E-state index is 12.4. The first-order chi connectivity index (χ1) is 13.9. The van der Waals surface area contributed by atoms with Gasteiger partial charge in [0.1, 0.15) is 6.54 Å². The van der Waals surface area contributed by atoms with E-state index < -0.39 is 5.97 Å². The fourth-order valence-electron chi connectivity index (χ4n) is 2.18. The number of carbonyl (C=O) groups excluding carboxylic acids is 2. The number of aliphatic carboxylic acids is 1. The summed E-state index contributed by atoms with van der Waals surface area (Å²) >= 11 is 0. The van der Waals surface area contributed by atoms with Crippen LogP contribution in [0.3, 0.4) is 0 Å². The van der Waals surface area contributed by atoms with Crippen molar-refractivity contribution in [1.82, 2.24) is 24.5 Å². The van der Waals surface area contributed by atoms with Crippen LogP contribution in [0, 0.1) is 0 Å². The molecule has 0 spiro atoms. The fraction of sp³-hybridized carbons (Fsp3) is 0.667. The predicted molar refractivity (Wildman–Crippen MR) is 121 cm³/mol. The second kappa shape index (κ2) is 15.3. The molecule has 0 saturated heterocycles. The molecule has 0 aromatic rings. The van der Waals surface area contributed by atoms with Crippen LogP contribution in [-0.4, -0.2) is 122 Å². The van der Waals surface area contributed by atoms with Crippen molar-refractivity contribution in [2.75, 3.05) is 74.5 Å². The average Bonchev–Trinajstić information content (AvgIpc) is 2.68. The number of carboxylic acid groups (broad SMARTS) is 1. The molecule has 0 aromatic heterocycles. The highest BCUT2D eigenvalue weighted by molar-refractivity contribution is 5.79. The predicted octanol–water partition coefficient (Wildman–Crippen LogP) is 0.857. The molecule has 0 aromatic carbocycles. The first-order valence-electron chi connectivity index (χ1n) is 10.0. The standard InChI is InChI=1S/C19H35N5O4.C2H6/c1-9-20(4)12-17(25)23(7)10-15(2)21(5)13-18(26)24(8)11-16(3)22(6)14-19(27)28;1-2/h2-3,9-14H2,1,4-8H3,(H,27,28);1-2H3. The molecular formula is C21H41N5O4. The van der Waals surface area contributed by atoms with E-state index in [0.717, 1.165) is 6.54 Å². The van der Waals surface area contributed by atoms with E-state index in [4.69, 9.17) is 5.11 Å². The third-order valence-corrected chi connectivity index (χ3v) is 4.46. The van der Waals surface area contributed by atoms with Crippen LogP contribution in [0.25, 0.3) is 0 Å². The molecule has 0 fully saturated rings. The summed E-state index contributed by atoms with van der Waals surface area (Å²) in [7, 11) is 8.58. The van der Waals surface area contributed by atoms with Gasteiger partial charge in [0.05, 0.1) is 26.2 Å². The second-order valence-corrected chi connectivity index (χ2v) is 7.07. The monoisotopic (exact) mass is 427 g/mol. The number of hydrogen-bond acceptors (Lipinski definition) is 6. The Labute approximate surface area is 182 Å². The zero-order valence-electron chi connectivity index (χ0n) is 20.1. The molecule has 0 radical (unpaired) electrons. The highest BCUT2D eigenvalue weighted by Gasteiger charge is 2.18. The van der Waals surface area contributed by atoms with E-state index in [9.17, 15) is 14.4 Å². The van der Waals surface area contributed by atoms with E-state index in [-0.39, 0.29) is 31.4 Å². The summed E-state index contributed by atoms with van der Waals surface area (Å²) in [6, 6.07) is 0. The Hall–Kier alpha value is -2.55. The minimum atomic E-state index is -0.961. The van der Waals surface area contributed by atoms with Crippen molar-refractivity contribution in [3.05, 3.63) is 24.6 Å². The molecular weight excluding hydrogens is 386 g/mol. The van der Waals surface area contributed by atoms with Crippen molar-refractivity contribution in [3.63, 3.8) is 0 Å². The summed E-state index contributed by atoms with van der Waals surface area (Å²) in [5.74, 6) is -1.13. The van der Waals surface area contributed by atoms with Crippen molar-refractivity contribution in [1.29, 1.82) is 0 Å². The van der Waals surface area contributed by atoms with Crippen LogP contribution in [0.4, 0.5) is 0 Å². The molecule has 2 amide bonds. The summed E-state index contributed by atoms with van der Waals surface area (Å²) in [6.07, 6.45) is 0. The van der Waals surface area contributed by atoms with Crippen LogP contribution in [0.1, 0.15) is 20.8 Å². The van der Waals surface area contributed by atoms with Gasteiger partial charge in [0.25, 0.3) is 0 Å². The number of amides is 2. The van der Waals surface area contributed by atoms with Gasteiger partial charge in [-0.15, -0.1) is 0 Å². The lowest BCUT2D eigenvalue weighted by Gasteiger charge is -2.29. The normalized spacial score (nSPS) is 9.90. The maximum Gasteiger partial charge on any atom is 0.323 e. The van der Waals surface area contributed by atoms with Gasteiger partial charge >= 0.3 is 5.97 Å². The van der Waals surface area contributed by atoms with Gasteiger partial charge in [0, 0.05) is 39.6 Å². The minimum Gasteiger partial charge on any atom is -0.480 e. The summed E-state index contributed by atoms with van der Waals surface area (Å²) in [5.41, 5.74) is 1.18. The molecule has 30 heavy (non-hydrogen) atoms. The Morgan fingerprint density at radius 3 is 1.40 bits per heavy atom. The molecule has 0 atom stereocenters. The van der Waals surface area contributed by atoms with Crippen LogP contribution < -0.4 is 0 Å². The third kappa shape index (κ3) is 12.1. The zero-order valence-corrected chi connectivity index (χ0v) is 20.1. The Bertz CT molecular complexity index is 594. The fourth-order valence-corrected chi connectivity index (χ4v) is 2.18. The zero-order chi connectivity index (χ0) is 24.0. The van der Waals surface area contributed by atoms with Gasteiger partial charge in [-0.05, 0) is 13.6 Å². The number of carbonyl (C=O) groups is 3. The highest BCUT2D eigenvalue weighted by Crippen LogP contribution is 2.05. The van der Waals surface area contributed by atoms with Crippen LogP contribution in [0.15, 0.2) is 24.6 Å². The maximum atomic E-state index is 12.4. The number of carboxylic acids is 1. The molecule has 0 rings (SSSR count). The largest absolute Gasteiger partial charge is 0.480 e. The molecule has 0 bridgehead atoms. The van der Waals surface area contributed by atoms with E-state index in [0.29, 0.717) is 24.5 Å². The van der Waals surface area contributed by atoms with Crippen molar-refractivity contribution in [2.24, 2.45) is 0 Å². The molecule has 9 nitrogen and oxygen atoms in total. The number of hydrogen-bond donors (Lipinski definition) is 1. The summed E-state index contributed by atoms with van der Waals surface area (Å²) in [4.78, 5) is 43.5. The van der Waals surface area contributed by atoms with Crippen LogP contribution in [-0.2, 0) is 14.4 Å². The Balaban J connectivity index is 0. The first-order valence-corrected chi connectivity index (χ1v) is 10.0. The molecule has 0 aliphatic rings. The lowest BCUT2D eigenvalue weighted by atomic mass is 10.3. The average molecular weight is 428 g/mol. The molecule has 0 heterocycles. The Morgan fingerprint density at radius 2 is 1.03 bits per heavy atom. The smallest absolute Gasteiger partial charge is 0.323 e. The number of likely N-dealkylation sites (N-methyl/N-ethyl adjacent to an activating group) is 5. The molecule has 9 heteroatoms. The van der Waals surface area contributed by atoms with Crippen LogP contribution >= 0.6 is 0 Å². The molecule has 0 aliphatic heterocycles. The van der Waals surface area contributed by atoms with Crippen molar-refractivity contribution in [3.8, 4) is 0 Å². The molecule has 1 N–H and O–H groups in total. The van der Waals surface area contributed by atoms with Gasteiger partial charge in [0.15, 0.2) is 0 Å². The topological polar surface area (TPSA) is 87.6 Å². The SMILES string of the molecule is C=C(CN(C)C(=O)CN(C)C(=C)CN(C)C(=O)CN(C)CC)N(C)CC(=O)O.CC. The van der Waals surface area contributed by atoms with Crippen molar-refractivity contribution in [2.45, 2.75) is 20.8 Å². The quantitative estimate of drug-likeness (QED) is 0.466. The van der Waals surface area contributed by atoms with Gasteiger partial charge in [-0.3, -0.25) is 19.3 Å². The number of nitrogens with zero attached hydrogens (tertiary/aromatic N) is 5. The van der Waals surface area contributed by atoms with E-state index in [1.165, 1.54) is 9.80 Å². The van der Waals surface area contributed by atoms with Gasteiger partial charge in [-0.1, -0.05) is 33.9 Å². The molecule has 0 saturated carbocycles. The minimum absolute atomic E-state index is 0.0138. The summed E-state index contributed by atoms with van der Waals surface area (Å²) in [5, 5.41) is 8.82. The summed E-state index contributed by atoms with van der Waals surface area (Å²) in [6.45, 7) is 15.4. The third-order valence-electron chi connectivity index (χ3n) is 4.46. The highest BCUT2D eigenvalue weighted by atomic mass is 16.4. The molecule has 0 unspecified atom stereocenters. The van der Waals surface area contributed by atoms with Crippen LogP contribution in [0.2, 0.25) is 0 Å². The van der Waals surface area contributed by atoms with Crippen molar-refractivity contribution >= 4 is 17.8 Å². The van der Waals surface area contributed by atoms with Crippen LogP contribution in [0.5, 0.6) is 0 Å². The first kappa shape index (κ1) is 29.6. The van der Waals surface area contributed by atoms with E-state index in [1.807, 2.05) is 32.7 Å². The second-order valence-electron chi connectivity index (χ2n) is 7.07. The molecule has 0 aliphatic carbocycles. The van der Waals surface area contributed by atoms with E-state index in [2.05, 4.69) is 13.2 Å². The van der Waals surface area contributed by atoms with E-state index in [1.54, 1.807) is 38.0 Å². The van der Waals surface area contributed by atoms with Gasteiger partial charge < -0.3 is 24.7 Å². The number of rotatable bonds is 13. The lowest BCUT2D eigenvalue weighted by molar-refractivity contribution is -0.137. The van der Waals surface area contributed by atoms with Gasteiger partial charge in [-0.25, -0.2) is 0 Å². The summed E-state index contributed by atoms with van der Waals surface area (Å²) < 4.78 is 0. The Morgan fingerprint density at radius 1 is 0.667 bits per heavy atom. The molecule has 174 valence electrons. The van der Waals surface area contributed by atoms with Gasteiger partial charge in [0.2, 0.25) is 11.8 Å². The lowest BCUT2D eigenvalue weighted by Crippen LogP contribution is -2.42. The van der Waals surface area contributed by atoms with E-state index >= 15 is 0 Å². The van der Waals surface area contributed by atoms with Crippen molar-refractivity contribution < 1.29 is 19.5 Å². The van der Waals surface area contributed by atoms with Gasteiger partial charge in [-0.2, -0.15) is 0 Å². The Kier molecular flexibility index (Phi) is 15.1.